The molecule has 2 heterocycles. The van der Waals surface area contributed by atoms with E-state index in [1.807, 2.05) is 43.0 Å². The van der Waals surface area contributed by atoms with Crippen molar-refractivity contribution in [1.82, 2.24) is 4.90 Å². The fourth-order valence-electron chi connectivity index (χ4n) is 4.32. The molecule has 0 spiro atoms. The monoisotopic (exact) mass is 432 g/mol. The normalized spacial score (nSPS) is 15.5. The number of rotatable bonds is 5. The lowest BCUT2D eigenvalue weighted by atomic mass is 9.92. The fraction of sp³-hybridized carbons (Fsp3) is 0.308. The smallest absolute Gasteiger partial charge is 0.224 e. The Hall–Kier alpha value is -2.92. The molecule has 1 aliphatic heterocycles. The van der Waals surface area contributed by atoms with Crippen LogP contribution in [0.4, 0.5) is 5.69 Å². The fourth-order valence-corrected chi connectivity index (χ4v) is 5.22. The second-order valence-corrected chi connectivity index (χ2v) is 9.32. The van der Waals surface area contributed by atoms with E-state index >= 15 is 0 Å². The first-order valence-electron chi connectivity index (χ1n) is 10.7. The minimum absolute atomic E-state index is 0.0270. The highest BCUT2D eigenvalue weighted by Gasteiger charge is 2.32. The number of fused-ring (bicyclic) bond motifs is 1. The van der Waals surface area contributed by atoms with Gasteiger partial charge in [-0.1, -0.05) is 47.5 Å². The molecule has 0 saturated heterocycles. The third kappa shape index (κ3) is 4.72. The predicted molar refractivity (Wildman–Crippen MR) is 127 cm³/mol. The van der Waals surface area contributed by atoms with E-state index in [0.717, 1.165) is 28.8 Å². The number of amides is 2. The zero-order valence-corrected chi connectivity index (χ0v) is 19.1. The molecule has 0 fully saturated rings. The van der Waals surface area contributed by atoms with Crippen LogP contribution in [-0.4, -0.2) is 23.3 Å². The van der Waals surface area contributed by atoms with E-state index in [2.05, 4.69) is 41.9 Å². The Balaban J connectivity index is 1.47. The van der Waals surface area contributed by atoms with E-state index in [0.29, 0.717) is 6.54 Å². The molecule has 0 saturated carbocycles. The third-order valence-corrected chi connectivity index (χ3v) is 6.86. The molecule has 1 atom stereocenters. The lowest BCUT2D eigenvalue weighted by molar-refractivity contribution is -0.134. The zero-order valence-electron chi connectivity index (χ0n) is 18.3. The Labute approximate surface area is 187 Å². The second-order valence-electron chi connectivity index (χ2n) is 8.32. The van der Waals surface area contributed by atoms with Crippen molar-refractivity contribution in [1.29, 1.82) is 0 Å². The quantitative estimate of drug-likeness (QED) is 0.573. The molecule has 0 aliphatic carbocycles. The van der Waals surface area contributed by atoms with Crippen LogP contribution in [0.5, 0.6) is 0 Å². The van der Waals surface area contributed by atoms with Crippen LogP contribution >= 0.6 is 11.3 Å². The van der Waals surface area contributed by atoms with Gasteiger partial charge in [0.2, 0.25) is 11.8 Å². The molecule has 1 aromatic heterocycles. The molecule has 1 N–H and O–H groups in total. The topological polar surface area (TPSA) is 49.4 Å². The predicted octanol–water partition coefficient (Wildman–Crippen LogP) is 5.57. The molecule has 1 aliphatic rings. The van der Waals surface area contributed by atoms with Crippen LogP contribution in [0.3, 0.4) is 0 Å². The van der Waals surface area contributed by atoms with Crippen molar-refractivity contribution >= 4 is 28.8 Å². The molecule has 2 amide bonds. The van der Waals surface area contributed by atoms with Gasteiger partial charge < -0.3 is 10.2 Å². The lowest BCUT2D eigenvalue weighted by Crippen LogP contribution is -2.40. The summed E-state index contributed by atoms with van der Waals surface area (Å²) in [5, 5.41) is 5.06. The van der Waals surface area contributed by atoms with Crippen molar-refractivity contribution < 1.29 is 9.59 Å². The number of carbonyl (C=O) groups is 2. The molecular formula is C26H28N2O2S. The SMILES string of the molecule is Cc1cccc(C2c3ccsc3CCN2C(=O)CCC(=O)Nc2ccc(C)cc2C)c1. The number of anilines is 1. The Bertz CT molecular complexity index is 1120. The molecule has 4 rings (SSSR count). The molecule has 31 heavy (non-hydrogen) atoms. The van der Waals surface area contributed by atoms with Crippen molar-refractivity contribution in [2.45, 2.75) is 46.1 Å². The molecule has 0 radical (unpaired) electrons. The maximum Gasteiger partial charge on any atom is 0.224 e. The summed E-state index contributed by atoms with van der Waals surface area (Å²) in [6.07, 6.45) is 1.26. The van der Waals surface area contributed by atoms with Crippen LogP contribution < -0.4 is 5.32 Å². The van der Waals surface area contributed by atoms with E-state index in [1.54, 1.807) is 11.3 Å². The minimum Gasteiger partial charge on any atom is -0.331 e. The van der Waals surface area contributed by atoms with Crippen LogP contribution in [0.1, 0.15) is 51.6 Å². The van der Waals surface area contributed by atoms with Crippen molar-refractivity contribution in [3.63, 3.8) is 0 Å². The second kappa shape index (κ2) is 9.06. The summed E-state index contributed by atoms with van der Waals surface area (Å²) in [7, 11) is 0. The van der Waals surface area contributed by atoms with Gasteiger partial charge in [0.05, 0.1) is 6.04 Å². The molecule has 0 bridgehead atoms. The molecule has 2 aromatic carbocycles. The summed E-state index contributed by atoms with van der Waals surface area (Å²) in [6.45, 7) is 6.76. The van der Waals surface area contributed by atoms with Crippen molar-refractivity contribution in [2.75, 3.05) is 11.9 Å². The lowest BCUT2D eigenvalue weighted by Gasteiger charge is -2.36. The summed E-state index contributed by atoms with van der Waals surface area (Å²) in [5.74, 6) is -0.0974. The first-order valence-corrected chi connectivity index (χ1v) is 11.6. The van der Waals surface area contributed by atoms with Gasteiger partial charge in [-0.25, -0.2) is 0 Å². The number of hydrogen-bond acceptors (Lipinski definition) is 3. The Morgan fingerprint density at radius 1 is 1.03 bits per heavy atom. The van der Waals surface area contributed by atoms with Gasteiger partial charge in [-0.15, -0.1) is 11.3 Å². The maximum atomic E-state index is 13.2. The van der Waals surface area contributed by atoms with E-state index in [4.69, 9.17) is 0 Å². The Morgan fingerprint density at radius 3 is 2.61 bits per heavy atom. The highest BCUT2D eigenvalue weighted by atomic mass is 32.1. The van der Waals surface area contributed by atoms with E-state index in [-0.39, 0.29) is 30.7 Å². The van der Waals surface area contributed by atoms with Gasteiger partial charge in [-0.3, -0.25) is 9.59 Å². The van der Waals surface area contributed by atoms with Crippen molar-refractivity contribution in [3.8, 4) is 0 Å². The van der Waals surface area contributed by atoms with E-state index < -0.39 is 0 Å². The van der Waals surface area contributed by atoms with Crippen LogP contribution in [-0.2, 0) is 16.0 Å². The maximum absolute atomic E-state index is 13.2. The summed E-state index contributed by atoms with van der Waals surface area (Å²) in [6, 6.07) is 16.4. The van der Waals surface area contributed by atoms with Gasteiger partial charge in [0.15, 0.2) is 0 Å². The summed E-state index contributed by atoms with van der Waals surface area (Å²) in [5.41, 5.74) is 6.52. The van der Waals surface area contributed by atoms with Crippen LogP contribution in [0.15, 0.2) is 53.9 Å². The largest absolute Gasteiger partial charge is 0.331 e. The highest BCUT2D eigenvalue weighted by Crippen LogP contribution is 2.38. The highest BCUT2D eigenvalue weighted by molar-refractivity contribution is 7.10. The standard InChI is InChI=1S/C26H28N2O2S/c1-17-5-4-6-20(16-17)26-21-12-14-31-23(21)11-13-28(26)25(30)10-9-24(29)27-22-8-7-18(2)15-19(22)3/h4-8,12,14-16,26H,9-11,13H2,1-3H3,(H,27,29). The molecule has 1 unspecified atom stereocenters. The van der Waals surface area contributed by atoms with E-state index in [1.165, 1.54) is 16.0 Å². The molecule has 3 aromatic rings. The summed E-state index contributed by atoms with van der Waals surface area (Å²) >= 11 is 1.76. The Morgan fingerprint density at radius 2 is 1.84 bits per heavy atom. The third-order valence-electron chi connectivity index (χ3n) is 5.87. The number of aryl methyl sites for hydroxylation is 3. The molecule has 5 heteroatoms. The first kappa shape index (κ1) is 21.3. The van der Waals surface area contributed by atoms with E-state index in [9.17, 15) is 9.59 Å². The van der Waals surface area contributed by atoms with Crippen molar-refractivity contribution in [2.24, 2.45) is 0 Å². The summed E-state index contributed by atoms with van der Waals surface area (Å²) < 4.78 is 0. The number of carbonyl (C=O) groups excluding carboxylic acids is 2. The van der Waals surface area contributed by atoms with Crippen molar-refractivity contribution in [3.05, 3.63) is 86.6 Å². The number of nitrogens with one attached hydrogen (secondary N) is 1. The molecular weight excluding hydrogens is 404 g/mol. The molecule has 160 valence electrons. The number of thiophene rings is 1. The number of nitrogens with zero attached hydrogens (tertiary/aromatic N) is 1. The van der Waals surface area contributed by atoms with Gasteiger partial charge in [0, 0.05) is 30.0 Å². The van der Waals surface area contributed by atoms with Crippen LogP contribution in [0, 0.1) is 20.8 Å². The van der Waals surface area contributed by atoms with Gasteiger partial charge in [-0.2, -0.15) is 0 Å². The molecule has 4 nitrogen and oxygen atoms in total. The van der Waals surface area contributed by atoms with Gasteiger partial charge in [-0.05, 0) is 61.4 Å². The Kier molecular flexibility index (Phi) is 6.23. The first-order chi connectivity index (χ1) is 14.9. The zero-order chi connectivity index (χ0) is 22.0. The van der Waals surface area contributed by atoms with Gasteiger partial charge >= 0.3 is 0 Å². The van der Waals surface area contributed by atoms with Crippen LogP contribution in [0.25, 0.3) is 0 Å². The average molecular weight is 433 g/mol. The van der Waals surface area contributed by atoms with Crippen LogP contribution in [0.2, 0.25) is 0 Å². The van der Waals surface area contributed by atoms with Gasteiger partial charge in [0.25, 0.3) is 0 Å². The summed E-state index contributed by atoms with van der Waals surface area (Å²) in [4.78, 5) is 29.0. The number of benzene rings is 2. The minimum atomic E-state index is -0.124. The number of hydrogen-bond donors (Lipinski definition) is 1. The van der Waals surface area contributed by atoms with Gasteiger partial charge in [0.1, 0.15) is 0 Å². The average Bonchev–Trinajstić information content (AvgIpc) is 3.22.